The minimum absolute atomic E-state index is 0.00103. The number of aryl methyl sites for hydroxylation is 1. The van der Waals surface area contributed by atoms with Gasteiger partial charge in [0.2, 0.25) is 11.8 Å². The highest BCUT2D eigenvalue weighted by atomic mass is 32.2. The first-order valence-corrected chi connectivity index (χ1v) is 10.3. The van der Waals surface area contributed by atoms with E-state index in [0.717, 1.165) is 27.4 Å². The molecule has 1 N–H and O–H groups in total. The molecule has 2 amide bonds. The highest BCUT2D eigenvalue weighted by Gasteiger charge is 2.35. The van der Waals surface area contributed by atoms with Crippen molar-refractivity contribution in [2.45, 2.75) is 11.6 Å². The van der Waals surface area contributed by atoms with Gasteiger partial charge in [-0.2, -0.15) is 0 Å². The molecule has 1 saturated heterocycles. The fraction of sp³-hybridized carbons (Fsp3) is 0.286. The third kappa shape index (κ3) is 3.75. The number of hydrogen-bond acceptors (Lipinski definition) is 4. The van der Waals surface area contributed by atoms with Crippen molar-refractivity contribution >= 4 is 40.0 Å². The first kappa shape index (κ1) is 18.6. The average Bonchev–Trinajstić information content (AvgIpc) is 3.30. The monoisotopic (exact) mass is 394 g/mol. The standard InChI is InChI=1S/C21H22N4O2S/c1-24-11-9-23-21(24)28-12-10-22-20(27)16-13-19(26)25(14-16)18-8-4-6-15-5-2-3-7-17(15)18/h2-9,11,16H,10,12-14H2,1H3,(H,22,27)/t16-/m1/s1. The topological polar surface area (TPSA) is 67.2 Å². The summed E-state index contributed by atoms with van der Waals surface area (Å²) < 4.78 is 1.95. The molecule has 7 heteroatoms. The van der Waals surface area contributed by atoms with Crippen LogP contribution in [0.25, 0.3) is 10.8 Å². The van der Waals surface area contributed by atoms with E-state index in [0.29, 0.717) is 13.1 Å². The van der Waals surface area contributed by atoms with Crippen LogP contribution >= 0.6 is 11.8 Å². The van der Waals surface area contributed by atoms with Crippen LogP contribution in [0.15, 0.2) is 60.0 Å². The van der Waals surface area contributed by atoms with Gasteiger partial charge in [0.15, 0.2) is 5.16 Å². The van der Waals surface area contributed by atoms with Gasteiger partial charge in [-0.3, -0.25) is 9.59 Å². The molecule has 0 spiro atoms. The Labute approximate surface area is 167 Å². The molecule has 1 fully saturated rings. The molecule has 0 saturated carbocycles. The van der Waals surface area contributed by atoms with Gasteiger partial charge in [-0.15, -0.1) is 0 Å². The Hall–Kier alpha value is -2.80. The average molecular weight is 395 g/mol. The van der Waals surface area contributed by atoms with Gasteiger partial charge in [0, 0.05) is 50.1 Å². The lowest BCUT2D eigenvalue weighted by Crippen LogP contribution is -2.34. The number of anilines is 1. The number of fused-ring (bicyclic) bond motifs is 1. The van der Waals surface area contributed by atoms with Gasteiger partial charge in [-0.25, -0.2) is 4.98 Å². The van der Waals surface area contributed by atoms with Gasteiger partial charge in [-0.05, 0) is 11.5 Å². The minimum atomic E-state index is -0.315. The van der Waals surface area contributed by atoms with Crippen LogP contribution in [0.5, 0.6) is 0 Å². The van der Waals surface area contributed by atoms with Crippen LogP contribution < -0.4 is 10.2 Å². The number of carbonyl (C=O) groups excluding carboxylic acids is 2. The van der Waals surface area contributed by atoms with Crippen molar-refractivity contribution < 1.29 is 9.59 Å². The fourth-order valence-electron chi connectivity index (χ4n) is 3.51. The lowest BCUT2D eigenvalue weighted by molar-refractivity contribution is -0.126. The Balaban J connectivity index is 1.36. The number of imidazole rings is 1. The molecule has 1 atom stereocenters. The van der Waals surface area contributed by atoms with Crippen molar-refractivity contribution in [3.05, 3.63) is 54.9 Å². The summed E-state index contributed by atoms with van der Waals surface area (Å²) in [6, 6.07) is 13.9. The number of nitrogens with one attached hydrogen (secondary N) is 1. The zero-order valence-corrected chi connectivity index (χ0v) is 16.5. The number of hydrogen-bond donors (Lipinski definition) is 1. The molecule has 2 heterocycles. The molecule has 1 aliphatic rings. The lowest BCUT2D eigenvalue weighted by Gasteiger charge is -2.19. The minimum Gasteiger partial charge on any atom is -0.355 e. The van der Waals surface area contributed by atoms with Crippen molar-refractivity contribution in [3.63, 3.8) is 0 Å². The van der Waals surface area contributed by atoms with E-state index in [1.165, 1.54) is 0 Å². The highest BCUT2D eigenvalue weighted by Crippen LogP contribution is 2.31. The highest BCUT2D eigenvalue weighted by molar-refractivity contribution is 7.99. The Morgan fingerprint density at radius 3 is 2.89 bits per heavy atom. The van der Waals surface area contributed by atoms with E-state index in [9.17, 15) is 9.59 Å². The maximum Gasteiger partial charge on any atom is 0.227 e. The number of aromatic nitrogens is 2. The maximum absolute atomic E-state index is 12.6. The molecule has 144 valence electrons. The SMILES string of the molecule is Cn1ccnc1SCCNC(=O)[C@@H]1CC(=O)N(c2cccc3ccccc23)C1. The van der Waals surface area contributed by atoms with E-state index in [1.54, 1.807) is 22.9 Å². The number of nitrogens with zero attached hydrogens (tertiary/aromatic N) is 3. The summed E-state index contributed by atoms with van der Waals surface area (Å²) in [6.07, 6.45) is 3.90. The zero-order chi connectivity index (χ0) is 19.5. The molecule has 28 heavy (non-hydrogen) atoms. The van der Waals surface area contributed by atoms with E-state index in [4.69, 9.17) is 0 Å². The molecule has 4 rings (SSSR count). The second-order valence-corrected chi connectivity index (χ2v) is 7.93. The molecule has 0 radical (unpaired) electrons. The third-order valence-electron chi connectivity index (χ3n) is 4.96. The Kier molecular flexibility index (Phi) is 5.34. The summed E-state index contributed by atoms with van der Waals surface area (Å²) in [6.45, 7) is 0.973. The number of benzene rings is 2. The quantitative estimate of drug-likeness (QED) is 0.516. The molecule has 0 aliphatic carbocycles. The molecular weight excluding hydrogens is 372 g/mol. The Morgan fingerprint density at radius 2 is 2.07 bits per heavy atom. The van der Waals surface area contributed by atoms with Crippen LogP contribution in [-0.2, 0) is 16.6 Å². The third-order valence-corrected chi connectivity index (χ3v) is 6.02. The molecule has 1 aliphatic heterocycles. The zero-order valence-electron chi connectivity index (χ0n) is 15.7. The van der Waals surface area contributed by atoms with E-state index in [1.807, 2.05) is 60.3 Å². The van der Waals surface area contributed by atoms with Gasteiger partial charge in [0.25, 0.3) is 0 Å². The van der Waals surface area contributed by atoms with Crippen molar-refractivity contribution in [3.8, 4) is 0 Å². The van der Waals surface area contributed by atoms with Crippen molar-refractivity contribution in [1.82, 2.24) is 14.9 Å². The van der Waals surface area contributed by atoms with Crippen molar-refractivity contribution in [2.24, 2.45) is 13.0 Å². The molecule has 0 unspecified atom stereocenters. The Bertz CT molecular complexity index is 1010. The van der Waals surface area contributed by atoms with Crippen LogP contribution in [0.4, 0.5) is 5.69 Å². The summed E-state index contributed by atoms with van der Waals surface area (Å²) in [4.78, 5) is 31.1. The molecule has 2 aromatic carbocycles. The second-order valence-electron chi connectivity index (χ2n) is 6.86. The number of amides is 2. The number of rotatable bonds is 6. The van der Waals surface area contributed by atoms with Crippen molar-refractivity contribution in [1.29, 1.82) is 0 Å². The predicted molar refractivity (Wildman–Crippen MR) is 111 cm³/mol. The van der Waals surface area contributed by atoms with Crippen LogP contribution in [0.3, 0.4) is 0 Å². The lowest BCUT2D eigenvalue weighted by atomic mass is 10.1. The van der Waals surface area contributed by atoms with Crippen LogP contribution in [0, 0.1) is 5.92 Å². The summed E-state index contributed by atoms with van der Waals surface area (Å²) in [5.41, 5.74) is 0.878. The van der Waals surface area contributed by atoms with Crippen LogP contribution in [-0.4, -0.2) is 40.2 Å². The van der Waals surface area contributed by atoms with Crippen LogP contribution in [0.1, 0.15) is 6.42 Å². The first-order chi connectivity index (χ1) is 13.6. The largest absolute Gasteiger partial charge is 0.355 e. The van der Waals surface area contributed by atoms with E-state index < -0.39 is 0 Å². The second kappa shape index (κ2) is 8.06. The van der Waals surface area contributed by atoms with Crippen LogP contribution in [0.2, 0.25) is 0 Å². The summed E-state index contributed by atoms with van der Waals surface area (Å²) in [7, 11) is 1.94. The van der Waals surface area contributed by atoms with E-state index in [-0.39, 0.29) is 24.2 Å². The number of carbonyl (C=O) groups is 2. The van der Waals surface area contributed by atoms with Crippen molar-refractivity contribution in [2.75, 3.05) is 23.7 Å². The molecule has 3 aromatic rings. The summed E-state index contributed by atoms with van der Waals surface area (Å²) >= 11 is 1.60. The summed E-state index contributed by atoms with van der Waals surface area (Å²) in [5.74, 6) is 0.365. The van der Waals surface area contributed by atoms with Gasteiger partial charge in [0.1, 0.15) is 0 Å². The summed E-state index contributed by atoms with van der Waals surface area (Å²) in [5, 5.41) is 6.01. The number of thioether (sulfide) groups is 1. The predicted octanol–water partition coefficient (Wildman–Crippen LogP) is 2.83. The smallest absolute Gasteiger partial charge is 0.227 e. The maximum atomic E-state index is 12.6. The molecule has 6 nitrogen and oxygen atoms in total. The molecule has 1 aromatic heterocycles. The molecule has 0 bridgehead atoms. The van der Waals surface area contributed by atoms with Gasteiger partial charge >= 0.3 is 0 Å². The van der Waals surface area contributed by atoms with E-state index in [2.05, 4.69) is 10.3 Å². The van der Waals surface area contributed by atoms with Gasteiger partial charge in [-0.1, -0.05) is 48.2 Å². The van der Waals surface area contributed by atoms with Gasteiger partial charge < -0.3 is 14.8 Å². The first-order valence-electron chi connectivity index (χ1n) is 9.29. The van der Waals surface area contributed by atoms with Gasteiger partial charge in [0.05, 0.1) is 11.6 Å². The Morgan fingerprint density at radius 1 is 1.25 bits per heavy atom. The molecular formula is C21H22N4O2S. The van der Waals surface area contributed by atoms with E-state index >= 15 is 0 Å². The normalized spacial score (nSPS) is 16.7. The fourth-order valence-corrected chi connectivity index (χ4v) is 4.30.